The van der Waals surface area contributed by atoms with Gasteiger partial charge in [0.05, 0.1) is 15.5 Å². The Kier molecular flexibility index (Phi) is 5.91. The number of ketones is 1. The van der Waals surface area contributed by atoms with E-state index >= 15 is 0 Å². The minimum atomic E-state index is -0.583. The summed E-state index contributed by atoms with van der Waals surface area (Å²) >= 11 is 6.13. The number of benzene rings is 2. The van der Waals surface area contributed by atoms with Gasteiger partial charge in [-0.1, -0.05) is 35.9 Å². The molecule has 0 atom stereocenters. The lowest BCUT2D eigenvalue weighted by Gasteiger charge is -2.09. The lowest BCUT2D eigenvalue weighted by atomic mass is 10.1. The Balaban J connectivity index is 1.68. The van der Waals surface area contributed by atoms with E-state index in [1.165, 1.54) is 30.4 Å². The second-order valence-corrected chi connectivity index (χ2v) is 6.36. The highest BCUT2D eigenvalue weighted by atomic mass is 35.5. The van der Waals surface area contributed by atoms with Crippen molar-refractivity contribution in [3.8, 4) is 5.75 Å². The predicted molar refractivity (Wildman–Crippen MR) is 106 cm³/mol. The summed E-state index contributed by atoms with van der Waals surface area (Å²) in [4.78, 5) is 22.7. The van der Waals surface area contributed by atoms with Gasteiger partial charge in [-0.3, -0.25) is 14.9 Å². The SMILES string of the molecule is Cc1cccc(Cl)c1OCc1ccc(/C=C/C(=O)c2ccccc2[N+](=O)[O-])o1. The number of nitro groups is 1. The lowest BCUT2D eigenvalue weighted by Crippen LogP contribution is -2.00. The number of allylic oxidation sites excluding steroid dienone is 1. The van der Waals surface area contributed by atoms with Crippen molar-refractivity contribution in [2.24, 2.45) is 0 Å². The maximum absolute atomic E-state index is 12.3. The van der Waals surface area contributed by atoms with Gasteiger partial charge in [0.1, 0.15) is 23.9 Å². The minimum Gasteiger partial charge on any atom is -0.484 e. The number of hydrogen-bond acceptors (Lipinski definition) is 5. The van der Waals surface area contributed by atoms with Crippen LogP contribution in [0.4, 0.5) is 5.69 Å². The molecule has 0 aliphatic carbocycles. The molecule has 2 aromatic carbocycles. The summed E-state index contributed by atoms with van der Waals surface area (Å²) in [7, 11) is 0. The van der Waals surface area contributed by atoms with Gasteiger partial charge in [0, 0.05) is 6.07 Å². The third kappa shape index (κ3) is 4.47. The number of carbonyl (C=O) groups is 1. The molecule has 0 amide bonds. The molecule has 0 bridgehead atoms. The van der Waals surface area contributed by atoms with Crippen molar-refractivity contribution in [2.45, 2.75) is 13.5 Å². The fourth-order valence-corrected chi connectivity index (χ4v) is 2.87. The molecule has 0 spiro atoms. The zero-order valence-electron chi connectivity index (χ0n) is 14.9. The van der Waals surface area contributed by atoms with Crippen LogP contribution in [0.1, 0.15) is 27.4 Å². The molecule has 0 N–H and O–H groups in total. The Morgan fingerprint density at radius 3 is 2.71 bits per heavy atom. The van der Waals surface area contributed by atoms with Crippen LogP contribution in [0.15, 0.2) is 65.1 Å². The smallest absolute Gasteiger partial charge is 0.280 e. The van der Waals surface area contributed by atoms with Gasteiger partial charge in [0.2, 0.25) is 0 Å². The molecule has 0 fully saturated rings. The molecule has 3 aromatic rings. The van der Waals surface area contributed by atoms with E-state index in [1.807, 2.05) is 19.1 Å². The molecule has 1 heterocycles. The van der Waals surface area contributed by atoms with Crippen LogP contribution in [0.2, 0.25) is 5.02 Å². The molecule has 0 saturated heterocycles. The molecule has 0 saturated carbocycles. The number of rotatable bonds is 7. The van der Waals surface area contributed by atoms with Crippen molar-refractivity contribution < 1.29 is 18.9 Å². The number of nitrogens with zero attached hydrogens (tertiary/aromatic N) is 1. The minimum absolute atomic E-state index is 0.0213. The summed E-state index contributed by atoms with van der Waals surface area (Å²) in [6.45, 7) is 2.07. The fraction of sp³-hybridized carbons (Fsp3) is 0.0952. The first-order valence-corrected chi connectivity index (χ1v) is 8.76. The molecular formula is C21H16ClNO5. The van der Waals surface area contributed by atoms with Crippen molar-refractivity contribution in [3.05, 3.63) is 98.5 Å². The van der Waals surface area contributed by atoms with E-state index in [0.717, 1.165) is 5.56 Å². The second-order valence-electron chi connectivity index (χ2n) is 5.95. The van der Waals surface area contributed by atoms with Crippen LogP contribution in [0, 0.1) is 17.0 Å². The zero-order valence-corrected chi connectivity index (χ0v) is 15.7. The monoisotopic (exact) mass is 397 g/mol. The molecule has 1 aromatic heterocycles. The van der Waals surface area contributed by atoms with Gasteiger partial charge in [0.25, 0.3) is 5.69 Å². The number of carbonyl (C=O) groups excluding carboxylic acids is 1. The lowest BCUT2D eigenvalue weighted by molar-refractivity contribution is -0.385. The van der Waals surface area contributed by atoms with Crippen molar-refractivity contribution >= 4 is 29.1 Å². The highest BCUT2D eigenvalue weighted by Gasteiger charge is 2.17. The first kappa shape index (κ1) is 19.4. The van der Waals surface area contributed by atoms with Crippen LogP contribution in [0.25, 0.3) is 6.08 Å². The van der Waals surface area contributed by atoms with Crippen LogP contribution in [-0.4, -0.2) is 10.7 Å². The van der Waals surface area contributed by atoms with E-state index in [9.17, 15) is 14.9 Å². The van der Waals surface area contributed by atoms with Crippen LogP contribution in [0.3, 0.4) is 0 Å². The number of furan rings is 1. The third-order valence-electron chi connectivity index (χ3n) is 3.97. The largest absolute Gasteiger partial charge is 0.484 e. The summed E-state index contributed by atoms with van der Waals surface area (Å²) in [6.07, 6.45) is 2.70. The molecule has 28 heavy (non-hydrogen) atoms. The van der Waals surface area contributed by atoms with E-state index in [0.29, 0.717) is 22.3 Å². The first-order valence-electron chi connectivity index (χ1n) is 8.38. The van der Waals surface area contributed by atoms with E-state index in [4.69, 9.17) is 20.8 Å². The summed E-state index contributed by atoms with van der Waals surface area (Å²) < 4.78 is 11.3. The fourth-order valence-electron chi connectivity index (χ4n) is 2.59. The highest BCUT2D eigenvalue weighted by molar-refractivity contribution is 6.32. The van der Waals surface area contributed by atoms with Gasteiger partial charge in [-0.05, 0) is 48.9 Å². The van der Waals surface area contributed by atoms with Crippen molar-refractivity contribution in [3.63, 3.8) is 0 Å². The second kappa shape index (κ2) is 8.54. The Hall–Kier alpha value is -3.38. The summed E-state index contributed by atoms with van der Waals surface area (Å²) in [5, 5.41) is 11.5. The maximum Gasteiger partial charge on any atom is 0.280 e. The summed E-state index contributed by atoms with van der Waals surface area (Å²) in [5.41, 5.74) is 0.697. The van der Waals surface area contributed by atoms with Gasteiger partial charge < -0.3 is 9.15 Å². The highest BCUT2D eigenvalue weighted by Crippen LogP contribution is 2.29. The van der Waals surface area contributed by atoms with Gasteiger partial charge in [0.15, 0.2) is 5.78 Å². The number of aryl methyl sites for hydroxylation is 1. The predicted octanol–water partition coefficient (Wildman–Crippen LogP) is 5.62. The Labute approximate surface area is 166 Å². The van der Waals surface area contributed by atoms with Crippen molar-refractivity contribution in [2.75, 3.05) is 0 Å². The van der Waals surface area contributed by atoms with Crippen LogP contribution in [0.5, 0.6) is 5.75 Å². The quantitative estimate of drug-likeness (QED) is 0.223. The number of hydrogen-bond donors (Lipinski definition) is 0. The number of para-hydroxylation sites is 2. The van der Waals surface area contributed by atoms with E-state index in [2.05, 4.69) is 0 Å². The van der Waals surface area contributed by atoms with Crippen molar-refractivity contribution in [1.29, 1.82) is 0 Å². The van der Waals surface area contributed by atoms with Gasteiger partial charge in [-0.25, -0.2) is 0 Å². The topological polar surface area (TPSA) is 82.6 Å². The van der Waals surface area contributed by atoms with E-state index in [1.54, 1.807) is 24.3 Å². The summed E-state index contributed by atoms with van der Waals surface area (Å²) in [6, 6.07) is 14.7. The average Bonchev–Trinajstić information content (AvgIpc) is 3.13. The Morgan fingerprint density at radius 1 is 1.18 bits per heavy atom. The Bertz CT molecular complexity index is 1030. The average molecular weight is 398 g/mol. The zero-order chi connectivity index (χ0) is 20.1. The molecule has 3 rings (SSSR count). The van der Waals surface area contributed by atoms with Crippen LogP contribution < -0.4 is 4.74 Å². The van der Waals surface area contributed by atoms with Crippen molar-refractivity contribution in [1.82, 2.24) is 0 Å². The molecule has 0 radical (unpaired) electrons. The molecular weight excluding hydrogens is 382 g/mol. The molecule has 7 heteroatoms. The van der Waals surface area contributed by atoms with Gasteiger partial charge >= 0.3 is 0 Å². The van der Waals surface area contributed by atoms with Crippen LogP contribution >= 0.6 is 11.6 Å². The normalized spacial score (nSPS) is 10.9. The number of halogens is 1. The molecule has 0 aliphatic rings. The van der Waals surface area contributed by atoms with Gasteiger partial charge in [-0.2, -0.15) is 0 Å². The number of nitro benzene ring substituents is 1. The standard InChI is InChI=1S/C21H16ClNO5/c1-14-5-4-7-18(22)21(14)27-13-16-10-9-15(28-16)11-12-20(24)17-6-2-3-8-19(17)23(25)26/h2-12H,13H2,1H3/b12-11+. The molecule has 0 unspecified atom stereocenters. The van der Waals surface area contributed by atoms with E-state index in [-0.39, 0.29) is 17.9 Å². The van der Waals surface area contributed by atoms with Crippen LogP contribution in [-0.2, 0) is 6.61 Å². The maximum atomic E-state index is 12.3. The van der Waals surface area contributed by atoms with Gasteiger partial charge in [-0.15, -0.1) is 0 Å². The summed E-state index contributed by atoms with van der Waals surface area (Å²) in [5.74, 6) is 1.09. The molecule has 6 nitrogen and oxygen atoms in total. The van der Waals surface area contributed by atoms with E-state index < -0.39 is 10.7 Å². The Morgan fingerprint density at radius 2 is 1.96 bits per heavy atom. The molecule has 0 aliphatic heterocycles. The third-order valence-corrected chi connectivity index (χ3v) is 4.27. The molecule has 142 valence electrons. The first-order chi connectivity index (χ1) is 13.5. The number of ether oxygens (including phenoxy) is 1.